The molecular weight excluding hydrogens is 202 g/mol. The summed E-state index contributed by atoms with van der Waals surface area (Å²) >= 11 is 3.15. The van der Waals surface area contributed by atoms with E-state index in [1.807, 2.05) is 0 Å². The smallest absolute Gasteiger partial charge is 0.202 e. The van der Waals surface area contributed by atoms with Gasteiger partial charge in [-0.25, -0.2) is 4.98 Å². The Morgan fingerprint density at radius 2 is 2.46 bits per heavy atom. The van der Waals surface area contributed by atoms with Crippen molar-refractivity contribution in [2.45, 2.75) is 13.5 Å². The SMILES string of the molecule is Cc1ccsc1CNc1ncns1. The number of rotatable bonds is 3. The third-order valence-electron chi connectivity index (χ3n) is 1.73. The number of nitrogens with zero attached hydrogens (tertiary/aromatic N) is 2. The zero-order chi connectivity index (χ0) is 9.10. The largest absolute Gasteiger partial charge is 0.355 e. The van der Waals surface area contributed by atoms with E-state index in [-0.39, 0.29) is 0 Å². The number of aromatic nitrogens is 2. The molecule has 0 saturated heterocycles. The average molecular weight is 211 g/mol. The Hall–Kier alpha value is -0.940. The minimum atomic E-state index is 0.846. The zero-order valence-electron chi connectivity index (χ0n) is 7.15. The quantitative estimate of drug-likeness (QED) is 0.847. The predicted molar refractivity (Wildman–Crippen MR) is 56.3 cm³/mol. The van der Waals surface area contributed by atoms with Crippen LogP contribution in [0.5, 0.6) is 0 Å². The fraction of sp³-hybridized carbons (Fsp3) is 0.250. The van der Waals surface area contributed by atoms with E-state index in [0.29, 0.717) is 0 Å². The van der Waals surface area contributed by atoms with Gasteiger partial charge in [0.15, 0.2) is 0 Å². The Morgan fingerprint density at radius 1 is 1.54 bits per heavy atom. The summed E-state index contributed by atoms with van der Waals surface area (Å²) in [5, 5.41) is 6.21. The second-order valence-electron chi connectivity index (χ2n) is 2.63. The highest BCUT2D eigenvalue weighted by molar-refractivity contribution is 7.10. The van der Waals surface area contributed by atoms with Gasteiger partial charge in [0, 0.05) is 16.4 Å². The third kappa shape index (κ3) is 2.05. The maximum absolute atomic E-state index is 4.05. The van der Waals surface area contributed by atoms with Gasteiger partial charge in [0.1, 0.15) is 6.33 Å². The van der Waals surface area contributed by atoms with Gasteiger partial charge in [0.25, 0.3) is 0 Å². The highest BCUT2D eigenvalue weighted by atomic mass is 32.1. The fourth-order valence-electron chi connectivity index (χ4n) is 0.992. The van der Waals surface area contributed by atoms with E-state index < -0.39 is 0 Å². The normalized spacial score (nSPS) is 10.2. The highest BCUT2D eigenvalue weighted by Gasteiger charge is 2.00. The molecule has 0 atom stereocenters. The van der Waals surface area contributed by atoms with Crippen LogP contribution in [0.3, 0.4) is 0 Å². The van der Waals surface area contributed by atoms with Crippen molar-refractivity contribution in [1.82, 2.24) is 9.36 Å². The van der Waals surface area contributed by atoms with E-state index in [1.54, 1.807) is 17.7 Å². The number of hydrogen-bond acceptors (Lipinski definition) is 5. The molecule has 0 amide bonds. The van der Waals surface area contributed by atoms with E-state index in [0.717, 1.165) is 11.7 Å². The first-order valence-corrected chi connectivity index (χ1v) is 5.55. The molecule has 2 aromatic heterocycles. The van der Waals surface area contributed by atoms with Gasteiger partial charge in [-0.1, -0.05) is 0 Å². The van der Waals surface area contributed by atoms with Crippen molar-refractivity contribution < 1.29 is 0 Å². The Balaban J connectivity index is 1.97. The molecule has 1 N–H and O–H groups in total. The number of aryl methyl sites for hydroxylation is 1. The van der Waals surface area contributed by atoms with Gasteiger partial charge in [-0.15, -0.1) is 11.3 Å². The molecule has 0 aromatic carbocycles. The molecule has 2 aromatic rings. The Kier molecular flexibility index (Phi) is 2.56. The zero-order valence-corrected chi connectivity index (χ0v) is 8.78. The molecule has 0 radical (unpaired) electrons. The molecule has 5 heteroatoms. The van der Waals surface area contributed by atoms with Crippen LogP contribution in [-0.2, 0) is 6.54 Å². The molecule has 0 saturated carbocycles. The van der Waals surface area contributed by atoms with Crippen LogP contribution in [0.25, 0.3) is 0 Å². The standard InChI is InChI=1S/C8H9N3S2/c1-6-2-3-12-7(6)4-9-8-10-5-11-13-8/h2-3,5H,4H2,1H3,(H,9,10,11). The van der Waals surface area contributed by atoms with E-state index in [4.69, 9.17) is 0 Å². The fourth-order valence-corrected chi connectivity index (χ4v) is 2.26. The van der Waals surface area contributed by atoms with Crippen molar-refractivity contribution in [3.05, 3.63) is 28.2 Å². The molecule has 0 aliphatic carbocycles. The summed E-state index contributed by atoms with van der Waals surface area (Å²) in [4.78, 5) is 5.40. The lowest BCUT2D eigenvalue weighted by molar-refractivity contribution is 1.15. The summed E-state index contributed by atoms with van der Waals surface area (Å²) in [7, 11) is 0. The maximum atomic E-state index is 4.05. The molecule has 0 bridgehead atoms. The summed E-state index contributed by atoms with van der Waals surface area (Å²) in [6, 6.07) is 2.13. The summed E-state index contributed by atoms with van der Waals surface area (Å²) in [6.45, 7) is 2.96. The molecular formula is C8H9N3S2. The van der Waals surface area contributed by atoms with Crippen molar-refractivity contribution >= 4 is 28.0 Å². The molecule has 68 valence electrons. The lowest BCUT2D eigenvalue weighted by Crippen LogP contribution is -1.97. The summed E-state index contributed by atoms with van der Waals surface area (Å²) in [6.07, 6.45) is 1.56. The lowest BCUT2D eigenvalue weighted by atomic mass is 10.3. The molecule has 2 heterocycles. The first kappa shape index (κ1) is 8.65. The molecule has 0 spiro atoms. The van der Waals surface area contributed by atoms with Crippen LogP contribution in [0.15, 0.2) is 17.8 Å². The van der Waals surface area contributed by atoms with Gasteiger partial charge in [-0.2, -0.15) is 4.37 Å². The van der Waals surface area contributed by atoms with Crippen LogP contribution in [0.4, 0.5) is 5.13 Å². The minimum Gasteiger partial charge on any atom is -0.355 e. The summed E-state index contributed by atoms with van der Waals surface area (Å²) < 4.78 is 3.92. The third-order valence-corrected chi connectivity index (χ3v) is 3.38. The van der Waals surface area contributed by atoms with E-state index in [2.05, 4.69) is 33.0 Å². The van der Waals surface area contributed by atoms with Gasteiger partial charge in [0.2, 0.25) is 5.13 Å². The van der Waals surface area contributed by atoms with Crippen LogP contribution in [0.1, 0.15) is 10.4 Å². The summed E-state index contributed by atoms with van der Waals surface area (Å²) in [5.41, 5.74) is 1.34. The van der Waals surface area contributed by atoms with E-state index >= 15 is 0 Å². The van der Waals surface area contributed by atoms with Crippen molar-refractivity contribution in [1.29, 1.82) is 0 Å². The predicted octanol–water partition coefficient (Wildman–Crippen LogP) is 2.52. The first-order chi connectivity index (χ1) is 6.36. The van der Waals surface area contributed by atoms with Gasteiger partial charge in [-0.3, -0.25) is 0 Å². The van der Waals surface area contributed by atoms with Crippen LogP contribution in [0.2, 0.25) is 0 Å². The van der Waals surface area contributed by atoms with Gasteiger partial charge < -0.3 is 5.32 Å². The molecule has 3 nitrogen and oxygen atoms in total. The second-order valence-corrected chi connectivity index (χ2v) is 4.41. The van der Waals surface area contributed by atoms with Gasteiger partial charge in [-0.05, 0) is 23.9 Å². The number of hydrogen-bond donors (Lipinski definition) is 1. The molecule has 0 fully saturated rings. The highest BCUT2D eigenvalue weighted by Crippen LogP contribution is 2.17. The lowest BCUT2D eigenvalue weighted by Gasteiger charge is -1.99. The van der Waals surface area contributed by atoms with Gasteiger partial charge in [0.05, 0.1) is 6.54 Å². The Morgan fingerprint density at radius 3 is 3.08 bits per heavy atom. The number of thiophene rings is 1. The van der Waals surface area contributed by atoms with Crippen LogP contribution >= 0.6 is 22.9 Å². The van der Waals surface area contributed by atoms with Gasteiger partial charge >= 0.3 is 0 Å². The van der Waals surface area contributed by atoms with Crippen molar-refractivity contribution in [2.75, 3.05) is 5.32 Å². The molecule has 0 aliphatic rings. The maximum Gasteiger partial charge on any atom is 0.202 e. The van der Waals surface area contributed by atoms with Crippen LogP contribution in [0, 0.1) is 6.92 Å². The molecule has 13 heavy (non-hydrogen) atoms. The first-order valence-electron chi connectivity index (χ1n) is 3.90. The topological polar surface area (TPSA) is 37.8 Å². The summed E-state index contributed by atoms with van der Waals surface area (Å²) in [5.74, 6) is 0. The van der Waals surface area contributed by atoms with Crippen molar-refractivity contribution in [3.63, 3.8) is 0 Å². The molecule has 0 unspecified atom stereocenters. The van der Waals surface area contributed by atoms with Crippen molar-refractivity contribution in [3.8, 4) is 0 Å². The monoisotopic (exact) mass is 211 g/mol. The number of anilines is 1. The minimum absolute atomic E-state index is 0.846. The Labute approximate surface area is 84.6 Å². The molecule has 2 rings (SSSR count). The van der Waals surface area contributed by atoms with Crippen LogP contribution < -0.4 is 5.32 Å². The molecule has 0 aliphatic heterocycles. The van der Waals surface area contributed by atoms with E-state index in [9.17, 15) is 0 Å². The second kappa shape index (κ2) is 3.85. The van der Waals surface area contributed by atoms with E-state index in [1.165, 1.54) is 22.0 Å². The average Bonchev–Trinajstić information content (AvgIpc) is 2.72. The van der Waals surface area contributed by atoms with Crippen molar-refractivity contribution in [2.24, 2.45) is 0 Å². The van der Waals surface area contributed by atoms with Crippen LogP contribution in [-0.4, -0.2) is 9.36 Å². The number of nitrogens with one attached hydrogen (secondary N) is 1. The Bertz CT molecular complexity index is 366.